The van der Waals surface area contributed by atoms with E-state index in [-0.39, 0.29) is 41.1 Å². The van der Waals surface area contributed by atoms with Gasteiger partial charge in [-0.3, -0.25) is 49.6 Å². The normalized spacial score (nSPS) is 17.5. The molecule has 4 aromatic rings. The summed E-state index contributed by atoms with van der Waals surface area (Å²) in [5.41, 5.74) is 2.06. The molecule has 0 aliphatic carbocycles. The number of ketones is 2. The first-order valence-corrected chi connectivity index (χ1v) is 26.3. The van der Waals surface area contributed by atoms with Crippen LogP contribution in [0.3, 0.4) is 0 Å². The highest BCUT2D eigenvalue weighted by Crippen LogP contribution is 2.27. The molecule has 0 unspecified atom stereocenters. The van der Waals surface area contributed by atoms with E-state index >= 15 is 0 Å². The molecule has 19 heteroatoms. The van der Waals surface area contributed by atoms with Crippen LogP contribution >= 0.6 is 0 Å². The lowest BCUT2D eigenvalue weighted by Crippen LogP contribution is -2.46. The summed E-state index contributed by atoms with van der Waals surface area (Å²) in [4.78, 5) is 95.7. The van der Waals surface area contributed by atoms with Crippen LogP contribution in [0.25, 0.3) is 0 Å². The van der Waals surface area contributed by atoms with Crippen LogP contribution in [0.4, 0.5) is 21.2 Å². The second-order valence-corrected chi connectivity index (χ2v) is 21.6. The van der Waals surface area contributed by atoms with Crippen molar-refractivity contribution >= 4 is 47.3 Å². The quantitative estimate of drug-likeness (QED) is 0.0979. The molecular formula is C56H76N10O9. The molecule has 0 radical (unpaired) electrons. The largest absolute Gasteiger partial charge is 0.481 e. The lowest BCUT2D eigenvalue weighted by atomic mass is 9.89. The molecule has 75 heavy (non-hydrogen) atoms. The van der Waals surface area contributed by atoms with Gasteiger partial charge in [-0.2, -0.15) is 0 Å². The number of carboxylic acids is 1. The number of aromatic nitrogens is 4. The van der Waals surface area contributed by atoms with Gasteiger partial charge in [0, 0.05) is 68.7 Å². The minimum Gasteiger partial charge on any atom is -0.481 e. The zero-order valence-electron chi connectivity index (χ0n) is 44.5. The summed E-state index contributed by atoms with van der Waals surface area (Å²) in [7, 11) is 0. The highest BCUT2D eigenvalue weighted by atomic mass is 16.6. The van der Waals surface area contributed by atoms with Crippen LogP contribution in [0, 0.1) is 23.7 Å². The summed E-state index contributed by atoms with van der Waals surface area (Å²) in [5, 5.41) is 17.6. The predicted molar refractivity (Wildman–Crippen MR) is 284 cm³/mol. The lowest BCUT2D eigenvalue weighted by molar-refractivity contribution is -0.143. The van der Waals surface area contributed by atoms with Gasteiger partial charge in [-0.25, -0.2) is 19.6 Å². The second kappa shape index (κ2) is 27.7. The van der Waals surface area contributed by atoms with Crippen LogP contribution in [0.2, 0.25) is 0 Å². The number of rotatable bonds is 12. The molecule has 0 atom stereocenters. The third-order valence-electron chi connectivity index (χ3n) is 13.3. The van der Waals surface area contributed by atoms with Crippen LogP contribution < -0.4 is 16.0 Å². The summed E-state index contributed by atoms with van der Waals surface area (Å²) in [6.45, 7) is 18.6. The maximum Gasteiger partial charge on any atom is 0.413 e. The topological polar surface area (TPSA) is 238 Å². The Morgan fingerprint density at radius 3 is 1.36 bits per heavy atom. The average molecular weight is 1030 g/mol. The van der Waals surface area contributed by atoms with Crippen molar-refractivity contribution < 1.29 is 43.3 Å². The van der Waals surface area contributed by atoms with E-state index in [1.54, 1.807) is 57.7 Å². The number of carbonyl (C=O) groups is 6. The third kappa shape index (κ3) is 19.5. The van der Waals surface area contributed by atoms with Gasteiger partial charge < -0.3 is 24.8 Å². The van der Waals surface area contributed by atoms with Crippen molar-refractivity contribution in [3.05, 3.63) is 108 Å². The van der Waals surface area contributed by atoms with E-state index in [1.165, 1.54) is 0 Å². The molecule has 4 aromatic heterocycles. The molecular weight excluding hydrogens is 957 g/mol. The molecule has 0 saturated carbocycles. The Labute approximate surface area is 441 Å². The van der Waals surface area contributed by atoms with Gasteiger partial charge in [0.15, 0.2) is 11.6 Å². The van der Waals surface area contributed by atoms with Gasteiger partial charge in [0.2, 0.25) is 5.91 Å². The van der Waals surface area contributed by atoms with E-state index in [0.29, 0.717) is 68.3 Å². The van der Waals surface area contributed by atoms with Crippen molar-refractivity contribution in [2.75, 3.05) is 63.0 Å². The number of likely N-dealkylation sites (tertiary alicyclic amines) is 3. The summed E-state index contributed by atoms with van der Waals surface area (Å²) >= 11 is 0. The number of carboxylic acid groups (broad SMARTS) is 1. The summed E-state index contributed by atoms with van der Waals surface area (Å²) in [6, 6.07) is 18.4. The Kier molecular flexibility index (Phi) is 21.3. The van der Waals surface area contributed by atoms with Gasteiger partial charge in [-0.1, -0.05) is 12.1 Å². The summed E-state index contributed by atoms with van der Waals surface area (Å²) < 4.78 is 10.5. The van der Waals surface area contributed by atoms with Crippen molar-refractivity contribution in [1.29, 1.82) is 0 Å². The Morgan fingerprint density at radius 1 is 0.547 bits per heavy atom. The number of piperidine rings is 4. The van der Waals surface area contributed by atoms with E-state index < -0.39 is 29.4 Å². The minimum absolute atomic E-state index is 0.0288. The minimum atomic E-state index is -0.706. The van der Waals surface area contributed by atoms with Gasteiger partial charge in [0.1, 0.15) is 34.2 Å². The maximum absolute atomic E-state index is 13.2. The van der Waals surface area contributed by atoms with Crippen molar-refractivity contribution in [2.45, 2.75) is 117 Å². The number of amides is 3. The van der Waals surface area contributed by atoms with Crippen LogP contribution in [0.1, 0.15) is 125 Å². The lowest BCUT2D eigenvalue weighted by Gasteiger charge is -2.37. The molecule has 4 N–H and O–H groups in total. The molecule has 0 bridgehead atoms. The number of nitrogens with zero attached hydrogens (tertiary/aromatic N) is 7. The third-order valence-corrected chi connectivity index (χ3v) is 13.3. The highest BCUT2D eigenvalue weighted by molar-refractivity contribution is 5.96. The number of carbonyl (C=O) groups excluding carboxylic acids is 5. The fourth-order valence-electron chi connectivity index (χ4n) is 9.43. The summed E-state index contributed by atoms with van der Waals surface area (Å²) in [6.07, 6.45) is 11.8. The fraction of sp³-hybridized carbons (Fsp3) is 0.536. The van der Waals surface area contributed by atoms with Crippen LogP contribution in [0.5, 0.6) is 0 Å². The van der Waals surface area contributed by atoms with Crippen LogP contribution in [-0.4, -0.2) is 139 Å². The molecule has 8 rings (SSSR count). The van der Waals surface area contributed by atoms with Gasteiger partial charge >= 0.3 is 18.2 Å². The maximum atomic E-state index is 13.2. The number of aliphatic carboxylic acids is 1. The fourth-order valence-corrected chi connectivity index (χ4v) is 9.43. The van der Waals surface area contributed by atoms with Crippen molar-refractivity contribution in [1.82, 2.24) is 40.0 Å². The molecule has 4 fully saturated rings. The molecule has 19 nitrogen and oxygen atoms in total. The number of hydrogen-bond donors (Lipinski definition) is 4. The first-order chi connectivity index (χ1) is 35.8. The van der Waals surface area contributed by atoms with Gasteiger partial charge in [-0.05, 0) is 192 Å². The van der Waals surface area contributed by atoms with Crippen LogP contribution in [0.15, 0.2) is 85.5 Å². The zero-order chi connectivity index (χ0) is 54.0. The Hall–Kier alpha value is -6.70. The average Bonchev–Trinajstić information content (AvgIpc) is 3.39. The number of nitrogens with one attached hydrogen (secondary N) is 3. The predicted octanol–water partition coefficient (Wildman–Crippen LogP) is 8.15. The monoisotopic (exact) mass is 1030 g/mol. The Morgan fingerprint density at radius 2 is 0.960 bits per heavy atom. The first-order valence-electron chi connectivity index (χ1n) is 26.3. The highest BCUT2D eigenvalue weighted by Gasteiger charge is 2.33. The molecule has 0 spiro atoms. The summed E-state index contributed by atoms with van der Waals surface area (Å²) in [5.74, 6) is 0.613. The van der Waals surface area contributed by atoms with Gasteiger partial charge in [0.25, 0.3) is 0 Å². The molecule has 4 aliphatic heterocycles. The number of anilines is 2. The molecule has 0 aromatic carbocycles. The molecule has 404 valence electrons. The van der Waals surface area contributed by atoms with Crippen molar-refractivity contribution in [2.24, 2.45) is 23.7 Å². The van der Waals surface area contributed by atoms with E-state index in [0.717, 1.165) is 82.6 Å². The zero-order valence-corrected chi connectivity index (χ0v) is 44.5. The Bertz CT molecular complexity index is 2490. The molecule has 4 saturated heterocycles. The van der Waals surface area contributed by atoms with Gasteiger partial charge in [0.05, 0.1) is 5.92 Å². The van der Waals surface area contributed by atoms with Gasteiger partial charge in [-0.15, -0.1) is 0 Å². The number of ether oxygens (including phenoxy) is 2. The van der Waals surface area contributed by atoms with Crippen molar-refractivity contribution in [3.63, 3.8) is 0 Å². The van der Waals surface area contributed by atoms with E-state index in [9.17, 15) is 28.8 Å². The molecule has 4 aliphatic rings. The number of Topliss-reactive ketones (excluding diaryl/α,β-unsaturated/α-hetero) is 2. The van der Waals surface area contributed by atoms with Crippen molar-refractivity contribution in [3.8, 4) is 0 Å². The smallest absolute Gasteiger partial charge is 0.413 e. The van der Waals surface area contributed by atoms with E-state index in [1.807, 2.05) is 74.2 Å². The molecule has 8 heterocycles. The number of hydrogen-bond acceptors (Lipinski definition) is 15. The van der Waals surface area contributed by atoms with E-state index in [4.69, 9.17) is 14.6 Å². The standard InChI is InChI=1S/C28H37N5O4.C17H25N3O4.C11H14N2O/c1-28(2,3)37-27(36)31-24-18-20(7-13-30-24)19-32-14-8-22(9-15-32)26(35)33-16-10-21(11-17-33)25(34)23-6-4-5-12-29-23;1-17(2,3)24-16(23)19-14-10-12(4-7-18-14)11-20-8-5-13(6-9-20)15(21)22;14-11(9-4-7-12-8-5-9)10-3-1-2-6-13-10/h4-7,12-13,18,21-22H,8-11,14-17,19H2,1-3H3,(H,30,31,36);4,7,10,13H,5-6,8-9,11H2,1-3H3,(H,21,22)(H,18,19,23);1-3,6,9,12H,4-5,7-8H2. The molecule has 3 amide bonds. The second-order valence-electron chi connectivity index (χ2n) is 21.6. The van der Waals surface area contributed by atoms with E-state index in [2.05, 4.69) is 45.7 Å². The Balaban J connectivity index is 0.000000204. The first kappa shape index (κ1) is 57.6. The van der Waals surface area contributed by atoms with Crippen LogP contribution in [-0.2, 0) is 32.2 Å². The SMILES string of the molecule is CC(C)(C)OC(=O)Nc1cc(CN2CCC(C(=O)N3CCC(C(=O)c4ccccn4)CC3)CC2)ccn1.CC(C)(C)OC(=O)Nc1cc(CN2CCC(C(=O)O)CC2)ccn1.O=C(c1ccccn1)C1CCNCC1. The number of pyridine rings is 4.